The van der Waals surface area contributed by atoms with Crippen LogP contribution in [-0.2, 0) is 0 Å². The summed E-state index contributed by atoms with van der Waals surface area (Å²) < 4.78 is 0. The number of hydrogen-bond acceptors (Lipinski definition) is 5. The minimum Gasteiger partial charge on any atom is -0.264 e. The van der Waals surface area contributed by atoms with E-state index in [1.165, 1.54) is 43.4 Å². The molecule has 0 aliphatic rings. The fourth-order valence-corrected chi connectivity index (χ4v) is 8.75. The van der Waals surface area contributed by atoms with Crippen molar-refractivity contribution >= 4 is 54.1 Å². The Morgan fingerprint density at radius 3 is 1.33 bits per heavy atom. The second-order valence-electron chi connectivity index (χ2n) is 15.3. The van der Waals surface area contributed by atoms with Crippen LogP contribution in [0.1, 0.15) is 0 Å². The molecule has 0 bridgehead atoms. The van der Waals surface area contributed by atoms with E-state index < -0.39 is 0 Å². The number of nitrogens with zero attached hydrogens (tertiary/aromatic N) is 5. The molecule has 5 heterocycles. The van der Waals surface area contributed by atoms with Crippen LogP contribution in [0.3, 0.4) is 0 Å². The molecular formula is C55H33N5. The zero-order valence-corrected chi connectivity index (χ0v) is 32.3. The first kappa shape index (κ1) is 33.9. The van der Waals surface area contributed by atoms with Gasteiger partial charge in [0.2, 0.25) is 0 Å². The summed E-state index contributed by atoms with van der Waals surface area (Å²) in [5, 5.41) is 9.89. The van der Waals surface area contributed by atoms with Crippen LogP contribution in [-0.4, -0.2) is 24.9 Å². The van der Waals surface area contributed by atoms with Crippen LogP contribution >= 0.6 is 0 Å². The number of hydrogen-bond donors (Lipinski definition) is 0. The lowest BCUT2D eigenvalue weighted by atomic mass is 9.89. The Morgan fingerprint density at radius 1 is 0.283 bits per heavy atom. The lowest BCUT2D eigenvalue weighted by molar-refractivity contribution is 1.26. The molecule has 278 valence electrons. The normalized spacial score (nSPS) is 11.7. The van der Waals surface area contributed by atoms with Gasteiger partial charge < -0.3 is 0 Å². The molecule has 12 rings (SSSR count). The predicted molar refractivity (Wildman–Crippen MR) is 247 cm³/mol. The van der Waals surface area contributed by atoms with Gasteiger partial charge in [0.1, 0.15) is 0 Å². The Bertz CT molecular complexity index is 3490. The number of aromatic nitrogens is 5. The molecule has 5 nitrogen and oxygen atoms in total. The molecule has 0 amide bonds. The molecule has 0 aliphatic carbocycles. The first-order chi connectivity index (χ1) is 29.7. The van der Waals surface area contributed by atoms with Crippen LogP contribution in [0.5, 0.6) is 0 Å². The molecule has 0 aliphatic heterocycles. The number of benzene rings is 7. The van der Waals surface area contributed by atoms with Crippen LogP contribution in [0.4, 0.5) is 0 Å². The van der Waals surface area contributed by atoms with Gasteiger partial charge in [0.15, 0.2) is 0 Å². The van der Waals surface area contributed by atoms with Gasteiger partial charge in [-0.3, -0.25) is 9.97 Å². The molecule has 0 atom stereocenters. The summed E-state index contributed by atoms with van der Waals surface area (Å²) in [6, 6.07) is 62.5. The number of pyridine rings is 5. The smallest absolute Gasteiger partial charge is 0.0972 e. The van der Waals surface area contributed by atoms with Gasteiger partial charge in [-0.25, -0.2) is 15.0 Å². The summed E-state index contributed by atoms with van der Waals surface area (Å²) in [7, 11) is 0. The van der Waals surface area contributed by atoms with Crippen molar-refractivity contribution in [2.45, 2.75) is 0 Å². The average Bonchev–Trinajstić information content (AvgIpc) is 3.33. The van der Waals surface area contributed by atoms with Crippen molar-refractivity contribution in [2.24, 2.45) is 0 Å². The van der Waals surface area contributed by atoms with E-state index in [9.17, 15) is 0 Å². The molecule has 0 N–H and O–H groups in total. The van der Waals surface area contributed by atoms with E-state index in [0.29, 0.717) is 0 Å². The zero-order chi connectivity index (χ0) is 39.6. The molecule has 0 saturated carbocycles. The van der Waals surface area contributed by atoms with Crippen molar-refractivity contribution in [1.82, 2.24) is 24.9 Å². The van der Waals surface area contributed by atoms with Gasteiger partial charge >= 0.3 is 0 Å². The molecule has 0 saturated heterocycles. The number of rotatable bonds is 6. The summed E-state index contributed by atoms with van der Waals surface area (Å²) in [5.41, 5.74) is 13.9. The van der Waals surface area contributed by atoms with Crippen LogP contribution in [0.2, 0.25) is 0 Å². The maximum absolute atomic E-state index is 5.26. The minimum atomic E-state index is 0.859. The Morgan fingerprint density at radius 2 is 0.767 bits per heavy atom. The first-order valence-electron chi connectivity index (χ1n) is 20.1. The monoisotopic (exact) mass is 763 g/mol. The molecule has 12 aromatic rings. The summed E-state index contributed by atoms with van der Waals surface area (Å²) >= 11 is 0. The molecule has 60 heavy (non-hydrogen) atoms. The predicted octanol–water partition coefficient (Wildman–Crippen LogP) is 13.9. The van der Waals surface area contributed by atoms with Crippen LogP contribution < -0.4 is 0 Å². The lowest BCUT2D eigenvalue weighted by Crippen LogP contribution is -1.92. The molecular weight excluding hydrogens is 731 g/mol. The highest BCUT2D eigenvalue weighted by molar-refractivity contribution is 6.25. The first-order valence-corrected chi connectivity index (χ1v) is 20.1. The fourth-order valence-electron chi connectivity index (χ4n) is 8.75. The van der Waals surface area contributed by atoms with Crippen molar-refractivity contribution < 1.29 is 0 Å². The zero-order valence-electron chi connectivity index (χ0n) is 32.3. The molecule has 0 fully saturated rings. The minimum absolute atomic E-state index is 0.859. The number of fused-ring (bicyclic) bond motifs is 3. The van der Waals surface area contributed by atoms with Gasteiger partial charge in [0.25, 0.3) is 0 Å². The van der Waals surface area contributed by atoms with Crippen molar-refractivity contribution in [2.75, 3.05) is 0 Å². The van der Waals surface area contributed by atoms with Gasteiger partial charge in [-0.05, 0) is 103 Å². The standard InChI is InChI=1S/C55H33N5/c1-4-38-16-17-40-20-24-46(47-25-21-39(5-1)52(38)53(40)47)35-10-14-37(15-11-35)49-27-23-42-19-18-41-22-26-48(59-54(41)55(42)60-49)36-12-8-34(9-13-36)45-30-50(43-6-2-28-56-32-43)58-51(31-45)44-7-3-29-57-33-44/h1-33H. The molecule has 0 spiro atoms. The van der Waals surface area contributed by atoms with Crippen molar-refractivity contribution in [3.63, 3.8) is 0 Å². The van der Waals surface area contributed by atoms with Crippen LogP contribution in [0.15, 0.2) is 201 Å². The van der Waals surface area contributed by atoms with E-state index >= 15 is 0 Å². The largest absolute Gasteiger partial charge is 0.264 e. The van der Waals surface area contributed by atoms with Gasteiger partial charge in [0.05, 0.1) is 33.8 Å². The summed E-state index contributed by atoms with van der Waals surface area (Å²) in [6.45, 7) is 0. The molecule has 7 aromatic carbocycles. The third-order valence-corrected chi connectivity index (χ3v) is 11.8. The van der Waals surface area contributed by atoms with Gasteiger partial charge in [-0.2, -0.15) is 0 Å². The highest BCUT2D eigenvalue weighted by Crippen LogP contribution is 2.40. The second-order valence-corrected chi connectivity index (χ2v) is 15.3. The SMILES string of the molecule is c1cncc(-c2cc(-c3ccc(-c4ccc5ccc6ccc(-c7ccc(-c8ccc9ccc%10cccc%11ccc8c9c%10%11)cc7)nc6c5n4)cc3)cc(-c3cccnc3)n2)c1. The summed E-state index contributed by atoms with van der Waals surface area (Å²) in [5.74, 6) is 0. The Kier molecular flexibility index (Phi) is 7.78. The topological polar surface area (TPSA) is 64.5 Å². The van der Waals surface area contributed by atoms with E-state index in [1.807, 2.05) is 36.7 Å². The third kappa shape index (κ3) is 5.75. The maximum Gasteiger partial charge on any atom is 0.0972 e. The second kappa shape index (κ2) is 13.8. The van der Waals surface area contributed by atoms with Crippen molar-refractivity contribution in [3.05, 3.63) is 201 Å². The third-order valence-electron chi connectivity index (χ3n) is 11.8. The van der Waals surface area contributed by atoms with E-state index in [0.717, 1.165) is 78.0 Å². The van der Waals surface area contributed by atoms with Gasteiger partial charge in [-0.15, -0.1) is 0 Å². The van der Waals surface area contributed by atoms with Crippen molar-refractivity contribution in [1.29, 1.82) is 0 Å². The molecule has 5 aromatic heterocycles. The fraction of sp³-hybridized carbons (Fsp3) is 0. The van der Waals surface area contributed by atoms with Crippen LogP contribution in [0.25, 0.3) is 121 Å². The highest BCUT2D eigenvalue weighted by atomic mass is 14.8. The van der Waals surface area contributed by atoms with Gasteiger partial charge in [-0.1, -0.05) is 127 Å². The van der Waals surface area contributed by atoms with E-state index in [2.05, 4.69) is 162 Å². The Labute approximate surface area is 345 Å². The average molecular weight is 764 g/mol. The van der Waals surface area contributed by atoms with Gasteiger partial charge in [0, 0.05) is 57.8 Å². The molecule has 0 unspecified atom stereocenters. The highest BCUT2D eigenvalue weighted by Gasteiger charge is 2.15. The Balaban J connectivity index is 0.883. The van der Waals surface area contributed by atoms with Crippen molar-refractivity contribution in [3.8, 4) is 67.3 Å². The van der Waals surface area contributed by atoms with E-state index in [4.69, 9.17) is 15.0 Å². The molecule has 0 radical (unpaired) electrons. The van der Waals surface area contributed by atoms with Crippen LogP contribution in [0, 0.1) is 0 Å². The maximum atomic E-state index is 5.26. The summed E-state index contributed by atoms with van der Waals surface area (Å²) in [4.78, 5) is 24.2. The molecule has 5 heteroatoms. The summed E-state index contributed by atoms with van der Waals surface area (Å²) in [6.07, 6.45) is 7.25. The van der Waals surface area contributed by atoms with E-state index in [1.54, 1.807) is 12.4 Å². The van der Waals surface area contributed by atoms with E-state index in [-0.39, 0.29) is 0 Å². The Hall–Kier alpha value is -8.15. The quantitative estimate of drug-likeness (QED) is 0.158. The lowest BCUT2D eigenvalue weighted by Gasteiger charge is -2.14.